The summed E-state index contributed by atoms with van der Waals surface area (Å²) in [7, 11) is 0. The summed E-state index contributed by atoms with van der Waals surface area (Å²) in [6, 6.07) is 4.01. The fourth-order valence-corrected chi connectivity index (χ4v) is 3.29. The summed E-state index contributed by atoms with van der Waals surface area (Å²) < 4.78 is 0. The van der Waals surface area contributed by atoms with Gasteiger partial charge in [0.2, 0.25) is 0 Å². The standard InChI is InChI=1S/C16H28N4/c1-16(13-17,18-14-3-4-14)7-2-8-19-9-11-20(12-10-19)15-5-6-15/h14-15,18H,2-12H2,1H3. The maximum Gasteiger partial charge on any atom is 0.104 e. The highest BCUT2D eigenvalue weighted by atomic mass is 15.3. The molecule has 1 atom stereocenters. The zero-order valence-electron chi connectivity index (χ0n) is 12.8. The second kappa shape index (κ2) is 6.01. The summed E-state index contributed by atoms with van der Waals surface area (Å²) in [5.41, 5.74) is -0.309. The topological polar surface area (TPSA) is 42.3 Å². The van der Waals surface area contributed by atoms with Crippen LogP contribution in [0, 0.1) is 11.3 Å². The summed E-state index contributed by atoms with van der Waals surface area (Å²) in [6.45, 7) is 8.16. The summed E-state index contributed by atoms with van der Waals surface area (Å²) in [4.78, 5) is 5.23. The zero-order chi connectivity index (χ0) is 14.0. The van der Waals surface area contributed by atoms with Gasteiger partial charge in [-0.2, -0.15) is 5.26 Å². The van der Waals surface area contributed by atoms with Crippen molar-refractivity contribution in [1.82, 2.24) is 15.1 Å². The molecule has 1 aliphatic heterocycles. The van der Waals surface area contributed by atoms with Crippen LogP contribution in [0.2, 0.25) is 0 Å². The Labute approximate surface area is 123 Å². The van der Waals surface area contributed by atoms with Gasteiger partial charge >= 0.3 is 0 Å². The van der Waals surface area contributed by atoms with Crippen LogP contribution < -0.4 is 5.32 Å². The molecule has 0 aromatic carbocycles. The first-order valence-electron chi connectivity index (χ1n) is 8.34. The Bertz CT molecular complexity index is 361. The van der Waals surface area contributed by atoms with Crippen LogP contribution in [0.5, 0.6) is 0 Å². The highest BCUT2D eigenvalue weighted by Gasteiger charge is 2.33. The number of nitrogens with one attached hydrogen (secondary N) is 1. The Morgan fingerprint density at radius 1 is 1.15 bits per heavy atom. The van der Waals surface area contributed by atoms with Gasteiger partial charge in [-0.1, -0.05) is 0 Å². The van der Waals surface area contributed by atoms with Crippen molar-refractivity contribution in [2.24, 2.45) is 0 Å². The van der Waals surface area contributed by atoms with Crippen molar-refractivity contribution in [3.8, 4) is 6.07 Å². The lowest BCUT2D eigenvalue weighted by molar-refractivity contribution is 0.123. The molecule has 2 saturated carbocycles. The molecule has 1 N–H and O–H groups in total. The highest BCUT2D eigenvalue weighted by molar-refractivity contribution is 5.07. The van der Waals surface area contributed by atoms with Gasteiger partial charge in [0.25, 0.3) is 0 Å². The van der Waals surface area contributed by atoms with E-state index in [1.54, 1.807) is 0 Å². The summed E-state index contributed by atoms with van der Waals surface area (Å²) in [5.74, 6) is 0. The third-order valence-electron chi connectivity index (χ3n) is 4.97. The third kappa shape index (κ3) is 3.94. The minimum Gasteiger partial charge on any atom is -0.301 e. The molecule has 1 heterocycles. The Kier molecular flexibility index (Phi) is 4.30. The molecule has 112 valence electrons. The average Bonchev–Trinajstić information content (AvgIpc) is 3.33. The van der Waals surface area contributed by atoms with E-state index >= 15 is 0 Å². The van der Waals surface area contributed by atoms with Gasteiger partial charge in [-0.25, -0.2) is 0 Å². The van der Waals surface area contributed by atoms with Crippen LogP contribution in [-0.2, 0) is 0 Å². The summed E-state index contributed by atoms with van der Waals surface area (Å²) in [5, 5.41) is 12.9. The van der Waals surface area contributed by atoms with Gasteiger partial charge < -0.3 is 4.90 Å². The highest BCUT2D eigenvalue weighted by Crippen LogP contribution is 2.27. The molecule has 3 rings (SSSR count). The lowest BCUT2D eigenvalue weighted by Gasteiger charge is -2.35. The van der Waals surface area contributed by atoms with E-state index in [4.69, 9.17) is 0 Å². The lowest BCUT2D eigenvalue weighted by atomic mass is 9.97. The van der Waals surface area contributed by atoms with Crippen LogP contribution in [0.3, 0.4) is 0 Å². The SMILES string of the molecule is CC(C#N)(CCCN1CCN(C2CC2)CC1)NC1CC1. The van der Waals surface area contributed by atoms with Crippen molar-refractivity contribution in [3.63, 3.8) is 0 Å². The predicted molar refractivity (Wildman–Crippen MR) is 80.4 cm³/mol. The molecule has 0 radical (unpaired) electrons. The third-order valence-corrected chi connectivity index (χ3v) is 4.97. The van der Waals surface area contributed by atoms with Gasteiger partial charge in [0.1, 0.15) is 5.54 Å². The molecule has 0 aromatic rings. The van der Waals surface area contributed by atoms with Crippen LogP contribution >= 0.6 is 0 Å². The normalized spacial score (nSPS) is 28.0. The van der Waals surface area contributed by atoms with Gasteiger partial charge in [0, 0.05) is 38.3 Å². The van der Waals surface area contributed by atoms with E-state index in [1.807, 2.05) is 0 Å². The van der Waals surface area contributed by atoms with E-state index in [2.05, 4.69) is 28.1 Å². The fraction of sp³-hybridized carbons (Fsp3) is 0.938. The maximum atomic E-state index is 9.37. The summed E-state index contributed by atoms with van der Waals surface area (Å²) >= 11 is 0. The van der Waals surface area contributed by atoms with E-state index in [0.29, 0.717) is 6.04 Å². The van der Waals surface area contributed by atoms with Crippen molar-refractivity contribution in [3.05, 3.63) is 0 Å². The number of hydrogen-bond donors (Lipinski definition) is 1. The van der Waals surface area contributed by atoms with Crippen molar-refractivity contribution in [2.45, 2.75) is 63.1 Å². The molecule has 1 saturated heterocycles. The van der Waals surface area contributed by atoms with Gasteiger partial charge in [0.15, 0.2) is 0 Å². The van der Waals surface area contributed by atoms with E-state index in [9.17, 15) is 5.26 Å². The van der Waals surface area contributed by atoms with Gasteiger partial charge in [0.05, 0.1) is 6.07 Å². The summed E-state index contributed by atoms with van der Waals surface area (Å²) in [6.07, 6.45) is 7.46. The minimum absolute atomic E-state index is 0.309. The molecular formula is C16H28N4. The second-order valence-electron chi connectivity index (χ2n) is 7.07. The lowest BCUT2D eigenvalue weighted by Crippen LogP contribution is -2.48. The Balaban J connectivity index is 1.33. The van der Waals surface area contributed by atoms with Crippen LogP contribution in [-0.4, -0.2) is 60.1 Å². The molecule has 2 aliphatic carbocycles. The number of rotatable bonds is 7. The van der Waals surface area contributed by atoms with Crippen molar-refractivity contribution in [1.29, 1.82) is 5.26 Å². The molecule has 0 aromatic heterocycles. The Morgan fingerprint density at radius 3 is 2.40 bits per heavy atom. The predicted octanol–water partition coefficient (Wildman–Crippen LogP) is 1.58. The van der Waals surface area contributed by atoms with Gasteiger partial charge in [-0.15, -0.1) is 0 Å². The molecule has 0 bridgehead atoms. The number of hydrogen-bond acceptors (Lipinski definition) is 4. The molecule has 0 spiro atoms. The fourth-order valence-electron chi connectivity index (χ4n) is 3.29. The molecule has 3 fully saturated rings. The number of nitrogens with zero attached hydrogens (tertiary/aromatic N) is 3. The number of piperazine rings is 1. The van der Waals surface area contributed by atoms with Crippen LogP contribution in [0.15, 0.2) is 0 Å². The van der Waals surface area contributed by atoms with Crippen molar-refractivity contribution in [2.75, 3.05) is 32.7 Å². The second-order valence-corrected chi connectivity index (χ2v) is 7.07. The van der Waals surface area contributed by atoms with E-state index in [-0.39, 0.29) is 5.54 Å². The van der Waals surface area contributed by atoms with Crippen LogP contribution in [0.1, 0.15) is 45.4 Å². The molecule has 0 amide bonds. The quantitative estimate of drug-likeness (QED) is 0.766. The first kappa shape index (κ1) is 14.3. The smallest absolute Gasteiger partial charge is 0.104 e. The molecule has 1 unspecified atom stereocenters. The first-order chi connectivity index (χ1) is 9.68. The molecular weight excluding hydrogens is 248 g/mol. The molecule has 20 heavy (non-hydrogen) atoms. The van der Waals surface area contributed by atoms with Crippen molar-refractivity contribution >= 4 is 0 Å². The van der Waals surface area contributed by atoms with Crippen molar-refractivity contribution < 1.29 is 0 Å². The monoisotopic (exact) mass is 276 g/mol. The minimum atomic E-state index is -0.309. The van der Waals surface area contributed by atoms with Crippen LogP contribution in [0.4, 0.5) is 0 Å². The number of nitriles is 1. The van der Waals surface area contributed by atoms with E-state index in [0.717, 1.165) is 25.4 Å². The molecule has 4 heteroatoms. The Hall–Kier alpha value is -0.630. The Morgan fingerprint density at radius 2 is 1.85 bits per heavy atom. The van der Waals surface area contributed by atoms with Gasteiger partial charge in [-0.3, -0.25) is 10.2 Å². The molecule has 4 nitrogen and oxygen atoms in total. The van der Waals surface area contributed by atoms with Crippen LogP contribution in [0.25, 0.3) is 0 Å². The average molecular weight is 276 g/mol. The van der Waals surface area contributed by atoms with E-state index < -0.39 is 0 Å². The maximum absolute atomic E-state index is 9.37. The zero-order valence-corrected chi connectivity index (χ0v) is 12.8. The largest absolute Gasteiger partial charge is 0.301 e. The van der Waals surface area contributed by atoms with Gasteiger partial charge in [-0.05, 0) is 52.0 Å². The molecule has 3 aliphatic rings. The first-order valence-corrected chi connectivity index (χ1v) is 8.34. The van der Waals surface area contributed by atoms with E-state index in [1.165, 1.54) is 51.9 Å².